The second-order valence-electron chi connectivity index (χ2n) is 7.57. The van der Waals surface area contributed by atoms with Crippen LogP contribution in [0.4, 0.5) is 11.4 Å². The number of nitrogens with one attached hydrogen (secondary N) is 3. The van der Waals surface area contributed by atoms with Crippen LogP contribution in [0.15, 0.2) is 74.7 Å². The van der Waals surface area contributed by atoms with Crippen LogP contribution in [0.2, 0.25) is 0 Å². The van der Waals surface area contributed by atoms with Crippen LogP contribution in [0.25, 0.3) is 0 Å². The Labute approximate surface area is 230 Å². The lowest BCUT2D eigenvalue weighted by Crippen LogP contribution is -2.32. The van der Waals surface area contributed by atoms with Gasteiger partial charge in [-0.3, -0.25) is 14.4 Å². The fraction of sp³-hybridized carbons (Fsp3) is 0.154. The number of carbonyl (C=O) groups excluding carboxylic acids is 3. The minimum absolute atomic E-state index is 0.244. The first-order valence-corrected chi connectivity index (χ1v) is 12.7. The summed E-state index contributed by atoms with van der Waals surface area (Å²) in [5, 5.41) is 9.12. The zero-order chi connectivity index (χ0) is 26.8. The lowest BCUT2D eigenvalue weighted by Gasteiger charge is -2.11. The molecule has 11 heteroatoms. The molecule has 0 heterocycles. The van der Waals surface area contributed by atoms with Gasteiger partial charge in [0.2, 0.25) is 0 Å². The maximum atomic E-state index is 12.4. The van der Waals surface area contributed by atoms with E-state index in [1.165, 1.54) is 6.21 Å². The van der Waals surface area contributed by atoms with Crippen molar-refractivity contribution < 1.29 is 23.9 Å². The number of hydrogen-bond donors (Lipinski definition) is 3. The van der Waals surface area contributed by atoms with Crippen molar-refractivity contribution in [3.8, 4) is 11.5 Å². The number of rotatable bonds is 9. The van der Waals surface area contributed by atoms with Gasteiger partial charge in [-0.25, -0.2) is 5.43 Å². The van der Waals surface area contributed by atoms with Crippen LogP contribution in [0.3, 0.4) is 0 Å². The second kappa shape index (κ2) is 13.6. The Kier molecular flexibility index (Phi) is 10.2. The highest BCUT2D eigenvalue weighted by atomic mass is 79.9. The molecule has 0 aromatic heterocycles. The highest BCUT2D eigenvalue weighted by molar-refractivity contribution is 9.10. The summed E-state index contributed by atoms with van der Waals surface area (Å²) in [5.41, 5.74) is 4.66. The van der Waals surface area contributed by atoms with Gasteiger partial charge in [0.25, 0.3) is 5.91 Å². The van der Waals surface area contributed by atoms with E-state index >= 15 is 0 Å². The average Bonchev–Trinajstić information content (AvgIpc) is 2.87. The van der Waals surface area contributed by atoms with Crippen LogP contribution in [0, 0.1) is 6.92 Å². The minimum Gasteiger partial charge on any atom is -0.492 e. The molecule has 3 rings (SSSR count). The molecular weight excluding hydrogens is 608 g/mol. The average molecular weight is 632 g/mol. The molecule has 0 spiro atoms. The van der Waals surface area contributed by atoms with E-state index in [9.17, 15) is 14.4 Å². The highest BCUT2D eigenvalue weighted by Gasteiger charge is 2.15. The van der Waals surface area contributed by atoms with Crippen molar-refractivity contribution in [3.05, 3.63) is 80.7 Å². The molecule has 0 radical (unpaired) electrons. The summed E-state index contributed by atoms with van der Waals surface area (Å²) >= 11 is 6.79. The van der Waals surface area contributed by atoms with Gasteiger partial charge in [-0.05, 0) is 67.9 Å². The van der Waals surface area contributed by atoms with Crippen molar-refractivity contribution in [1.29, 1.82) is 0 Å². The molecule has 0 aliphatic heterocycles. The fourth-order valence-corrected chi connectivity index (χ4v) is 3.68. The molecule has 9 nitrogen and oxygen atoms in total. The number of ether oxygens (including phenoxy) is 2. The molecule has 3 aromatic rings. The summed E-state index contributed by atoms with van der Waals surface area (Å²) in [5.74, 6) is -1.41. The van der Waals surface area contributed by atoms with Gasteiger partial charge in [0.15, 0.2) is 6.61 Å². The van der Waals surface area contributed by atoms with Crippen molar-refractivity contribution >= 4 is 67.2 Å². The highest BCUT2D eigenvalue weighted by Crippen LogP contribution is 2.24. The van der Waals surface area contributed by atoms with Gasteiger partial charge >= 0.3 is 11.8 Å². The topological polar surface area (TPSA) is 118 Å². The zero-order valence-electron chi connectivity index (χ0n) is 20.0. The van der Waals surface area contributed by atoms with E-state index in [1.807, 2.05) is 26.0 Å². The standard InChI is InChI=1S/C26H24Br2N4O5/c1-3-36-23-7-5-4-6-21(23)31-25(34)26(35)32-29-14-17-13-18(27)8-11-22(17)37-15-24(33)30-19-9-10-20(28)16(2)12-19/h4-14H,3,15H2,1-2H3,(H,30,33)(H,31,34)(H,32,35)/b29-14-. The lowest BCUT2D eigenvalue weighted by atomic mass is 10.2. The van der Waals surface area contributed by atoms with Gasteiger partial charge in [-0.15, -0.1) is 0 Å². The number of aryl methyl sites for hydroxylation is 1. The van der Waals surface area contributed by atoms with Crippen molar-refractivity contribution in [2.45, 2.75) is 13.8 Å². The van der Waals surface area contributed by atoms with Crippen molar-refractivity contribution in [2.24, 2.45) is 5.10 Å². The van der Waals surface area contributed by atoms with Crippen LogP contribution in [-0.2, 0) is 14.4 Å². The Bertz CT molecular complexity index is 1330. The summed E-state index contributed by atoms with van der Waals surface area (Å²) < 4.78 is 12.8. The first kappa shape index (κ1) is 27.9. The monoisotopic (exact) mass is 630 g/mol. The number of hydrazone groups is 1. The van der Waals surface area contributed by atoms with E-state index in [0.717, 1.165) is 14.5 Å². The number of anilines is 2. The summed E-state index contributed by atoms with van der Waals surface area (Å²) in [6, 6.07) is 17.3. The molecule has 3 N–H and O–H groups in total. The van der Waals surface area contributed by atoms with E-state index in [2.05, 4.69) is 53.0 Å². The molecule has 3 amide bonds. The number of benzene rings is 3. The molecule has 192 valence electrons. The van der Waals surface area contributed by atoms with Crippen LogP contribution in [0.5, 0.6) is 11.5 Å². The van der Waals surface area contributed by atoms with Gasteiger partial charge in [-0.1, -0.05) is 44.0 Å². The van der Waals surface area contributed by atoms with E-state index < -0.39 is 11.8 Å². The third kappa shape index (κ3) is 8.43. The van der Waals surface area contributed by atoms with Gasteiger partial charge in [0.05, 0.1) is 18.5 Å². The molecule has 0 saturated carbocycles. The largest absolute Gasteiger partial charge is 0.492 e. The lowest BCUT2D eigenvalue weighted by molar-refractivity contribution is -0.136. The summed E-state index contributed by atoms with van der Waals surface area (Å²) in [6.45, 7) is 3.90. The van der Waals surface area contributed by atoms with E-state index in [-0.39, 0.29) is 12.5 Å². The van der Waals surface area contributed by atoms with Crippen LogP contribution in [-0.4, -0.2) is 37.1 Å². The Morgan fingerprint density at radius 1 is 0.919 bits per heavy atom. The molecule has 0 fully saturated rings. The number of nitrogens with zero attached hydrogens (tertiary/aromatic N) is 1. The number of amides is 3. The third-order valence-corrected chi connectivity index (χ3v) is 6.17. The number of halogens is 2. The van der Waals surface area contributed by atoms with Gasteiger partial charge in [-0.2, -0.15) is 5.10 Å². The molecule has 0 saturated heterocycles. The third-order valence-electron chi connectivity index (χ3n) is 4.78. The van der Waals surface area contributed by atoms with E-state index in [4.69, 9.17) is 9.47 Å². The quantitative estimate of drug-likeness (QED) is 0.174. The Hall–Kier alpha value is -3.70. The molecule has 3 aromatic carbocycles. The maximum absolute atomic E-state index is 12.4. The van der Waals surface area contributed by atoms with Crippen LogP contribution < -0.4 is 25.5 Å². The molecule has 0 atom stereocenters. The predicted molar refractivity (Wildman–Crippen MR) is 149 cm³/mol. The van der Waals surface area contributed by atoms with Gasteiger partial charge in [0.1, 0.15) is 11.5 Å². The Balaban J connectivity index is 1.59. The number of para-hydroxylation sites is 2. The smallest absolute Gasteiger partial charge is 0.329 e. The van der Waals surface area contributed by atoms with Crippen molar-refractivity contribution in [3.63, 3.8) is 0 Å². The summed E-state index contributed by atoms with van der Waals surface area (Å²) in [6.07, 6.45) is 1.31. The predicted octanol–water partition coefficient (Wildman–Crippen LogP) is 5.03. The Morgan fingerprint density at radius 2 is 1.70 bits per heavy atom. The normalized spacial score (nSPS) is 10.6. The SMILES string of the molecule is CCOc1ccccc1NC(=O)C(=O)N/N=C\c1cc(Br)ccc1OCC(=O)Nc1ccc(Br)c(C)c1. The molecule has 37 heavy (non-hydrogen) atoms. The van der Waals surface area contributed by atoms with E-state index in [0.29, 0.717) is 35.0 Å². The molecular formula is C26H24Br2N4O5. The number of carbonyl (C=O) groups is 3. The zero-order valence-corrected chi connectivity index (χ0v) is 23.2. The number of hydrogen-bond acceptors (Lipinski definition) is 6. The fourth-order valence-electron chi connectivity index (χ4n) is 3.06. The first-order valence-electron chi connectivity index (χ1n) is 11.1. The Morgan fingerprint density at radius 3 is 2.46 bits per heavy atom. The maximum Gasteiger partial charge on any atom is 0.329 e. The van der Waals surface area contributed by atoms with Gasteiger partial charge < -0.3 is 20.1 Å². The first-order chi connectivity index (χ1) is 17.8. The second-order valence-corrected chi connectivity index (χ2v) is 9.34. The molecule has 0 bridgehead atoms. The molecule has 0 aliphatic carbocycles. The van der Waals surface area contributed by atoms with Crippen LogP contribution >= 0.6 is 31.9 Å². The molecule has 0 unspecified atom stereocenters. The van der Waals surface area contributed by atoms with Crippen LogP contribution in [0.1, 0.15) is 18.1 Å². The van der Waals surface area contributed by atoms with Crippen molar-refractivity contribution in [2.75, 3.05) is 23.8 Å². The minimum atomic E-state index is -0.968. The van der Waals surface area contributed by atoms with E-state index in [1.54, 1.807) is 48.5 Å². The van der Waals surface area contributed by atoms with Crippen molar-refractivity contribution in [1.82, 2.24) is 5.43 Å². The summed E-state index contributed by atoms with van der Waals surface area (Å²) in [7, 11) is 0. The molecule has 0 aliphatic rings. The van der Waals surface area contributed by atoms with Gasteiger partial charge in [0, 0.05) is 20.2 Å². The summed E-state index contributed by atoms with van der Waals surface area (Å²) in [4.78, 5) is 36.8.